The average Bonchev–Trinajstić information content (AvgIpc) is 3.34. The molecule has 2 fully saturated rings. The maximum Gasteiger partial charge on any atom is 0.416 e. The van der Waals surface area contributed by atoms with E-state index in [1.165, 1.54) is 30.1 Å². The lowest BCUT2D eigenvalue weighted by Crippen LogP contribution is -2.44. The number of nitrogens with zero attached hydrogens (tertiary/aromatic N) is 6. The van der Waals surface area contributed by atoms with Crippen LogP contribution in [0.25, 0.3) is 5.65 Å². The molecule has 3 aromatic heterocycles. The number of carbonyl (C=O) groups excluding carboxylic acids is 2. The van der Waals surface area contributed by atoms with Gasteiger partial charge < -0.3 is 25.0 Å². The third-order valence-electron chi connectivity index (χ3n) is 7.92. The molecule has 2 N–H and O–H groups in total. The van der Waals surface area contributed by atoms with Gasteiger partial charge in [-0.1, -0.05) is 12.1 Å². The van der Waals surface area contributed by atoms with Crippen LogP contribution in [0, 0.1) is 5.92 Å². The van der Waals surface area contributed by atoms with Gasteiger partial charge in [0, 0.05) is 18.6 Å². The van der Waals surface area contributed by atoms with Gasteiger partial charge in [0.2, 0.25) is 0 Å². The van der Waals surface area contributed by atoms with Crippen molar-refractivity contribution in [1.82, 2.24) is 40.4 Å². The molecule has 2 unspecified atom stereocenters. The van der Waals surface area contributed by atoms with E-state index in [9.17, 15) is 35.9 Å². The van der Waals surface area contributed by atoms with E-state index >= 15 is 0 Å². The van der Waals surface area contributed by atoms with Crippen LogP contribution in [0.2, 0.25) is 0 Å². The maximum absolute atomic E-state index is 13.6. The first-order chi connectivity index (χ1) is 21.0. The number of alkyl halides is 6. The predicted octanol–water partition coefficient (Wildman–Crippen LogP) is 3.71. The number of urea groups is 1. The third-order valence-corrected chi connectivity index (χ3v) is 7.92. The summed E-state index contributed by atoms with van der Waals surface area (Å²) in [6, 6.07) is -3.79. The highest BCUT2D eigenvalue weighted by atomic mass is 19.4. The maximum atomic E-state index is 13.6. The van der Waals surface area contributed by atoms with Crippen molar-refractivity contribution in [1.29, 1.82) is 0 Å². The molecule has 1 saturated heterocycles. The minimum absolute atomic E-state index is 0.0437. The van der Waals surface area contributed by atoms with Gasteiger partial charge in [0.05, 0.1) is 49.9 Å². The molecule has 0 radical (unpaired) electrons. The van der Waals surface area contributed by atoms with Crippen LogP contribution in [0.15, 0.2) is 23.1 Å². The largest absolute Gasteiger partial charge is 0.416 e. The number of nitrogens with one attached hydrogen (secondary N) is 2. The minimum Gasteiger partial charge on any atom is -0.382 e. The van der Waals surface area contributed by atoms with E-state index in [-0.39, 0.29) is 41.0 Å². The first-order valence-corrected chi connectivity index (χ1v) is 13.8. The number of amides is 3. The number of ether oxygens (including phenoxy) is 2. The van der Waals surface area contributed by atoms with Crippen molar-refractivity contribution in [2.75, 3.05) is 26.9 Å². The van der Waals surface area contributed by atoms with Crippen LogP contribution in [0.1, 0.15) is 72.6 Å². The molecule has 1 saturated carbocycles. The number of aromatic nitrogens is 5. The summed E-state index contributed by atoms with van der Waals surface area (Å²) < 4.78 is 97.0. The Morgan fingerprint density at radius 3 is 2.51 bits per heavy atom. The molecule has 246 valence electrons. The highest BCUT2D eigenvalue weighted by molar-refractivity contribution is 5.93. The number of halogens is 6. The Labute approximate surface area is 251 Å². The highest BCUT2D eigenvalue weighted by Gasteiger charge is 2.50. The van der Waals surface area contributed by atoms with Crippen LogP contribution in [0.3, 0.4) is 0 Å². The molecular weight excluding hydrogens is 618 g/mol. The Hall–Kier alpha value is -4.00. The first-order valence-electron chi connectivity index (χ1n) is 13.8. The number of methoxy groups -OCH3 is 1. The van der Waals surface area contributed by atoms with Gasteiger partial charge in [-0.3, -0.25) is 4.79 Å². The first kappa shape index (κ1) is 32.4. The zero-order valence-electron chi connectivity index (χ0n) is 24.4. The quantitative estimate of drug-likeness (QED) is 0.297. The lowest BCUT2D eigenvalue weighted by molar-refractivity contribution is -0.265. The number of imidazole rings is 1. The minimum atomic E-state index is -4.73. The van der Waals surface area contributed by atoms with Gasteiger partial charge in [-0.25, -0.2) is 18.9 Å². The van der Waals surface area contributed by atoms with Gasteiger partial charge in [-0.2, -0.15) is 31.4 Å². The SMILES string of the molecule is COC[C@H](c1cnn2cc([C@H](COC(C)(C)C(F)(F)F)NC(=O)c3nonc3C3CC3C)nc2c1)N1C[C@@H](C(F)(F)F)NC1=O. The molecule has 1 aliphatic heterocycles. The Balaban J connectivity index is 1.44. The van der Waals surface area contributed by atoms with Gasteiger partial charge in [-0.15, -0.1) is 0 Å². The number of carbonyl (C=O) groups is 2. The predicted molar refractivity (Wildman–Crippen MR) is 140 cm³/mol. The van der Waals surface area contributed by atoms with Crippen LogP contribution >= 0.6 is 0 Å². The van der Waals surface area contributed by atoms with E-state index < -0.39 is 61.2 Å². The third kappa shape index (κ3) is 6.68. The topological polar surface area (TPSA) is 149 Å². The molecule has 13 nitrogen and oxygen atoms in total. The van der Waals surface area contributed by atoms with Crippen molar-refractivity contribution in [2.24, 2.45) is 5.92 Å². The molecule has 0 bridgehead atoms. The van der Waals surface area contributed by atoms with E-state index in [0.29, 0.717) is 5.69 Å². The van der Waals surface area contributed by atoms with Gasteiger partial charge >= 0.3 is 18.4 Å². The van der Waals surface area contributed by atoms with Crippen molar-refractivity contribution in [3.05, 3.63) is 41.1 Å². The summed E-state index contributed by atoms with van der Waals surface area (Å²) >= 11 is 0. The molecule has 3 amide bonds. The van der Waals surface area contributed by atoms with Crippen LogP contribution in [-0.2, 0) is 9.47 Å². The van der Waals surface area contributed by atoms with Gasteiger partial charge in [-0.05, 0) is 37.4 Å². The van der Waals surface area contributed by atoms with Gasteiger partial charge in [0.25, 0.3) is 5.91 Å². The molecule has 2 aliphatic rings. The van der Waals surface area contributed by atoms with E-state index in [1.807, 2.05) is 12.2 Å². The van der Waals surface area contributed by atoms with Crippen molar-refractivity contribution < 1.29 is 50.0 Å². The smallest absolute Gasteiger partial charge is 0.382 e. The summed E-state index contributed by atoms with van der Waals surface area (Å²) in [7, 11) is 1.32. The molecule has 19 heteroatoms. The Morgan fingerprint density at radius 1 is 1.20 bits per heavy atom. The second-order valence-electron chi connectivity index (χ2n) is 11.6. The van der Waals surface area contributed by atoms with Crippen LogP contribution in [0.4, 0.5) is 31.1 Å². The lowest BCUT2D eigenvalue weighted by Gasteiger charge is -2.30. The van der Waals surface area contributed by atoms with E-state index in [2.05, 4.69) is 25.7 Å². The van der Waals surface area contributed by atoms with Gasteiger partial charge in [0.15, 0.2) is 16.9 Å². The number of rotatable bonds is 11. The van der Waals surface area contributed by atoms with Crippen molar-refractivity contribution in [3.63, 3.8) is 0 Å². The summed E-state index contributed by atoms with van der Waals surface area (Å²) in [6.45, 7) is 2.14. The zero-order valence-corrected chi connectivity index (χ0v) is 24.4. The molecule has 5 rings (SSSR count). The molecule has 4 heterocycles. The second kappa shape index (κ2) is 11.7. The van der Waals surface area contributed by atoms with E-state index in [1.54, 1.807) is 0 Å². The Bertz CT molecular complexity index is 1560. The summed E-state index contributed by atoms with van der Waals surface area (Å²) in [6.07, 6.45) is -5.97. The molecule has 0 aromatic carbocycles. The summed E-state index contributed by atoms with van der Waals surface area (Å²) in [5.41, 5.74) is -1.89. The van der Waals surface area contributed by atoms with E-state index in [0.717, 1.165) is 25.2 Å². The zero-order chi connectivity index (χ0) is 32.9. The molecule has 45 heavy (non-hydrogen) atoms. The van der Waals surface area contributed by atoms with Gasteiger partial charge in [0.1, 0.15) is 11.7 Å². The standard InChI is InChI=1S/C26H30F6N8O5/c1-12-5-14(12)20-21(38-45-37-20)22(41)35-16(10-44-24(2,3)26(30,31)32)15-8-40-19(34-15)6-13(7-33-40)17(11-43-4)39-9-18(25(27,28)29)36-23(39)42/h6-8,12,14,16-18H,5,9-11H2,1-4H3,(H,35,41)(H,36,42)/t12?,14?,16-,17+,18-/m0/s1. The summed E-state index contributed by atoms with van der Waals surface area (Å²) in [4.78, 5) is 31.1. The average molecular weight is 649 g/mol. The van der Waals surface area contributed by atoms with Crippen LogP contribution < -0.4 is 10.6 Å². The number of fused-ring (bicyclic) bond motifs is 1. The normalized spacial score (nSPS) is 22.0. The van der Waals surface area contributed by atoms with E-state index in [4.69, 9.17) is 14.1 Å². The van der Waals surface area contributed by atoms with Crippen LogP contribution in [0.5, 0.6) is 0 Å². The monoisotopic (exact) mass is 648 g/mol. The molecule has 3 aromatic rings. The molecule has 1 aliphatic carbocycles. The molecule has 0 spiro atoms. The van der Waals surface area contributed by atoms with Crippen LogP contribution in [-0.4, -0.2) is 92.6 Å². The Kier molecular flexibility index (Phi) is 8.45. The fourth-order valence-electron chi connectivity index (χ4n) is 4.90. The van der Waals surface area contributed by atoms with Crippen molar-refractivity contribution in [2.45, 2.75) is 69.2 Å². The van der Waals surface area contributed by atoms with Crippen molar-refractivity contribution in [3.8, 4) is 0 Å². The highest BCUT2D eigenvalue weighted by Crippen LogP contribution is 2.47. The summed E-state index contributed by atoms with van der Waals surface area (Å²) in [5.74, 6) is -0.562. The Morgan fingerprint density at radius 2 is 1.91 bits per heavy atom. The number of hydrogen-bond donors (Lipinski definition) is 2. The fourth-order valence-corrected chi connectivity index (χ4v) is 4.90. The fraction of sp³-hybridized carbons (Fsp3) is 0.615. The second-order valence-corrected chi connectivity index (χ2v) is 11.6. The summed E-state index contributed by atoms with van der Waals surface area (Å²) in [5, 5.41) is 16.2. The molecule has 5 atom stereocenters. The molecular formula is C26H30F6N8O5. The van der Waals surface area contributed by atoms with Crippen molar-refractivity contribution >= 4 is 17.6 Å². The number of hydrogen-bond acceptors (Lipinski definition) is 9. The lowest BCUT2D eigenvalue weighted by atomic mass is 10.1.